The van der Waals surface area contributed by atoms with Crippen molar-refractivity contribution >= 4 is 27.5 Å². The zero-order valence-electron chi connectivity index (χ0n) is 13.0. The number of benzene rings is 2. The van der Waals surface area contributed by atoms with Crippen LogP contribution in [0.2, 0.25) is 0 Å². The van der Waals surface area contributed by atoms with Gasteiger partial charge in [0.25, 0.3) is 0 Å². The Morgan fingerprint density at radius 2 is 1.88 bits per heavy atom. The van der Waals surface area contributed by atoms with Crippen LogP contribution in [0, 0.1) is 0 Å². The van der Waals surface area contributed by atoms with Crippen molar-refractivity contribution in [2.24, 2.45) is 0 Å². The average molecular weight is 336 g/mol. The summed E-state index contributed by atoms with van der Waals surface area (Å²) < 4.78 is 0. The molecule has 0 amide bonds. The summed E-state index contributed by atoms with van der Waals surface area (Å²) in [6.07, 6.45) is 0. The van der Waals surface area contributed by atoms with E-state index < -0.39 is 0 Å². The van der Waals surface area contributed by atoms with E-state index in [1.54, 1.807) is 11.3 Å². The first-order valence-corrected chi connectivity index (χ1v) is 8.56. The molecule has 2 aromatic heterocycles. The fourth-order valence-electron chi connectivity index (χ4n) is 2.67. The van der Waals surface area contributed by atoms with Crippen LogP contribution < -0.4 is 11.0 Å². The summed E-state index contributed by atoms with van der Waals surface area (Å²) in [7, 11) is 0. The van der Waals surface area contributed by atoms with Crippen LogP contribution >= 0.6 is 11.3 Å². The largest absolute Gasteiger partial charge is 0.355 e. The second-order valence-electron chi connectivity index (χ2n) is 5.65. The maximum absolute atomic E-state index is 11.4. The first-order valence-electron chi connectivity index (χ1n) is 7.68. The van der Waals surface area contributed by atoms with Crippen LogP contribution in [0.3, 0.4) is 0 Å². The van der Waals surface area contributed by atoms with Gasteiger partial charge in [0.15, 0.2) is 5.13 Å². The number of H-pyrrole nitrogens is 2. The monoisotopic (exact) mass is 336 g/mol. The first-order chi connectivity index (χ1) is 11.7. The van der Waals surface area contributed by atoms with E-state index in [0.29, 0.717) is 0 Å². The molecule has 0 fully saturated rings. The van der Waals surface area contributed by atoms with Crippen molar-refractivity contribution in [1.29, 1.82) is 0 Å². The molecule has 0 aliphatic heterocycles. The number of nitrogens with one attached hydrogen (secondary N) is 3. The number of fused-ring (bicyclic) bond motifs is 1. The Balaban J connectivity index is 1.58. The number of nitrogens with zero attached hydrogens (tertiary/aromatic N) is 1. The minimum absolute atomic E-state index is 0.189. The zero-order valence-corrected chi connectivity index (χ0v) is 13.9. The maximum Gasteiger partial charge on any atom is 0.323 e. The SMILES string of the molecule is C[C@@H](Nc1nc(-c2ccc3[nH]c(=O)[nH]c3c2)cs1)c1ccccc1. The molecule has 0 radical (unpaired) electrons. The highest BCUT2D eigenvalue weighted by Crippen LogP contribution is 2.28. The zero-order chi connectivity index (χ0) is 16.5. The van der Waals surface area contributed by atoms with Crippen molar-refractivity contribution in [3.05, 3.63) is 70.0 Å². The highest BCUT2D eigenvalue weighted by molar-refractivity contribution is 7.14. The lowest BCUT2D eigenvalue weighted by Crippen LogP contribution is -2.05. The quantitative estimate of drug-likeness (QED) is 0.524. The molecule has 0 saturated carbocycles. The number of aromatic nitrogens is 3. The lowest BCUT2D eigenvalue weighted by Gasteiger charge is -2.12. The Kier molecular flexibility index (Phi) is 3.66. The molecule has 2 aromatic carbocycles. The van der Waals surface area contributed by atoms with Crippen LogP contribution in [0.4, 0.5) is 5.13 Å². The molecule has 5 nitrogen and oxygen atoms in total. The van der Waals surface area contributed by atoms with Crippen molar-refractivity contribution in [3.63, 3.8) is 0 Å². The summed E-state index contributed by atoms with van der Waals surface area (Å²) in [4.78, 5) is 21.6. The third-order valence-corrected chi connectivity index (χ3v) is 4.73. The Morgan fingerprint density at radius 3 is 2.71 bits per heavy atom. The topological polar surface area (TPSA) is 73.6 Å². The number of aromatic amines is 2. The van der Waals surface area contributed by atoms with Gasteiger partial charge in [0.05, 0.1) is 22.8 Å². The maximum atomic E-state index is 11.4. The van der Waals surface area contributed by atoms with Crippen LogP contribution in [0.25, 0.3) is 22.3 Å². The number of imidazole rings is 1. The van der Waals surface area contributed by atoms with E-state index in [1.807, 2.05) is 41.8 Å². The molecular formula is C18H16N4OS. The van der Waals surface area contributed by atoms with Gasteiger partial charge in [-0.3, -0.25) is 0 Å². The molecule has 0 bridgehead atoms. The van der Waals surface area contributed by atoms with Gasteiger partial charge in [-0.2, -0.15) is 0 Å². The molecule has 0 aliphatic carbocycles. The van der Waals surface area contributed by atoms with Gasteiger partial charge in [-0.25, -0.2) is 9.78 Å². The number of hydrogen-bond donors (Lipinski definition) is 3. The summed E-state index contributed by atoms with van der Waals surface area (Å²) in [6.45, 7) is 2.12. The number of anilines is 1. The molecule has 6 heteroatoms. The second kappa shape index (κ2) is 5.98. The fourth-order valence-corrected chi connectivity index (χ4v) is 3.48. The van der Waals surface area contributed by atoms with Crippen LogP contribution in [-0.4, -0.2) is 15.0 Å². The fraction of sp³-hybridized carbons (Fsp3) is 0.111. The summed E-state index contributed by atoms with van der Waals surface area (Å²) in [5.41, 5.74) is 4.49. The predicted molar refractivity (Wildman–Crippen MR) is 98.5 cm³/mol. The first kappa shape index (κ1) is 14.7. The second-order valence-corrected chi connectivity index (χ2v) is 6.51. The summed E-state index contributed by atoms with van der Waals surface area (Å²) in [5.74, 6) is 0. The molecule has 0 unspecified atom stereocenters. The van der Waals surface area contributed by atoms with Crippen LogP contribution in [0.1, 0.15) is 18.5 Å². The van der Waals surface area contributed by atoms with Crippen molar-refractivity contribution in [1.82, 2.24) is 15.0 Å². The molecule has 1 atom stereocenters. The van der Waals surface area contributed by atoms with Gasteiger partial charge in [-0.05, 0) is 24.6 Å². The van der Waals surface area contributed by atoms with Crippen molar-refractivity contribution in [2.45, 2.75) is 13.0 Å². The average Bonchev–Trinajstić information content (AvgIpc) is 3.20. The van der Waals surface area contributed by atoms with Crippen molar-refractivity contribution < 1.29 is 0 Å². The third-order valence-electron chi connectivity index (χ3n) is 3.96. The van der Waals surface area contributed by atoms with Gasteiger partial charge in [-0.15, -0.1) is 11.3 Å². The lowest BCUT2D eigenvalue weighted by atomic mass is 10.1. The molecule has 0 aliphatic rings. The van der Waals surface area contributed by atoms with E-state index in [2.05, 4.69) is 39.3 Å². The van der Waals surface area contributed by atoms with Gasteiger partial charge >= 0.3 is 5.69 Å². The molecule has 4 rings (SSSR count). The molecule has 24 heavy (non-hydrogen) atoms. The molecule has 120 valence electrons. The molecule has 0 spiro atoms. The van der Waals surface area contributed by atoms with Gasteiger partial charge in [0.1, 0.15) is 0 Å². The standard InChI is InChI=1S/C18H16N4OS/c1-11(12-5-3-2-4-6-12)19-18-22-16(10-24-18)13-7-8-14-15(9-13)21-17(23)20-14/h2-11H,1H3,(H,19,22)(H2,20,21,23)/t11-/m1/s1. The molecule has 0 saturated heterocycles. The normalized spacial score (nSPS) is 12.4. The number of hydrogen-bond acceptors (Lipinski definition) is 4. The highest BCUT2D eigenvalue weighted by Gasteiger charge is 2.10. The van der Waals surface area contributed by atoms with Crippen LogP contribution in [-0.2, 0) is 0 Å². The minimum Gasteiger partial charge on any atom is -0.355 e. The van der Waals surface area contributed by atoms with Crippen molar-refractivity contribution in [2.75, 3.05) is 5.32 Å². The lowest BCUT2D eigenvalue weighted by molar-refractivity contribution is 0.882. The number of rotatable bonds is 4. The Hall–Kier alpha value is -2.86. The van der Waals surface area contributed by atoms with Gasteiger partial charge < -0.3 is 15.3 Å². The van der Waals surface area contributed by atoms with E-state index in [0.717, 1.165) is 27.4 Å². The molecule has 2 heterocycles. The summed E-state index contributed by atoms with van der Waals surface area (Å²) in [5, 5.41) is 6.33. The van der Waals surface area contributed by atoms with E-state index >= 15 is 0 Å². The van der Waals surface area contributed by atoms with Gasteiger partial charge in [0.2, 0.25) is 0 Å². The van der Waals surface area contributed by atoms with Gasteiger partial charge in [0, 0.05) is 10.9 Å². The summed E-state index contributed by atoms with van der Waals surface area (Å²) in [6, 6.07) is 16.3. The Labute approximate surface area is 142 Å². The van der Waals surface area contributed by atoms with E-state index in [-0.39, 0.29) is 11.7 Å². The predicted octanol–water partition coefficient (Wildman–Crippen LogP) is 4.15. The Bertz CT molecular complexity index is 1030. The Morgan fingerprint density at radius 1 is 1.08 bits per heavy atom. The minimum atomic E-state index is -0.195. The smallest absolute Gasteiger partial charge is 0.323 e. The van der Waals surface area contributed by atoms with E-state index in [1.165, 1.54) is 5.56 Å². The molecule has 3 N–H and O–H groups in total. The van der Waals surface area contributed by atoms with Crippen LogP contribution in [0.5, 0.6) is 0 Å². The number of thiazole rings is 1. The highest BCUT2D eigenvalue weighted by atomic mass is 32.1. The molecule has 4 aromatic rings. The van der Waals surface area contributed by atoms with E-state index in [9.17, 15) is 4.79 Å². The molecular weight excluding hydrogens is 320 g/mol. The summed E-state index contributed by atoms with van der Waals surface area (Å²) >= 11 is 1.58. The van der Waals surface area contributed by atoms with E-state index in [4.69, 9.17) is 0 Å². The van der Waals surface area contributed by atoms with Gasteiger partial charge in [-0.1, -0.05) is 36.4 Å². The van der Waals surface area contributed by atoms with Crippen LogP contribution in [0.15, 0.2) is 58.7 Å². The third kappa shape index (κ3) is 2.83. The van der Waals surface area contributed by atoms with Crippen molar-refractivity contribution in [3.8, 4) is 11.3 Å².